The average molecular weight is 725 g/mol. The van der Waals surface area contributed by atoms with Gasteiger partial charge in [-0.3, -0.25) is 43.9 Å². The Morgan fingerprint density at radius 1 is 0.608 bits per heavy atom. The number of nitrogens with zero attached hydrogens (tertiary/aromatic N) is 8. The smallest absolute Gasteiger partial charge is 0.298 e. The molecule has 0 saturated carbocycles. The molecule has 0 unspecified atom stereocenters. The Balaban J connectivity index is 0.000000159. The molecular weight excluding hydrogens is 706 g/mol. The minimum Gasteiger partial charge on any atom is -0.298 e. The molecule has 0 radical (unpaired) electrons. The van der Waals surface area contributed by atoms with E-state index in [4.69, 9.17) is 11.6 Å². The SMILES string of the molecule is O=c1c2cn[nH]c2c2cnc(-c3ccccn3)cc2n1CC(F)(F)F.O=c1c2cn[nH]c2c2cnc(-c3cccnc3Cl)cc2n1CC(F)(F)F. The second-order valence-electron chi connectivity index (χ2n) is 11.1. The third-order valence-corrected chi connectivity index (χ3v) is 8.05. The summed E-state index contributed by atoms with van der Waals surface area (Å²) in [5, 5.41) is 13.9. The van der Waals surface area contributed by atoms with Crippen molar-refractivity contribution in [1.82, 2.24) is 49.5 Å². The van der Waals surface area contributed by atoms with Crippen molar-refractivity contribution >= 4 is 55.2 Å². The van der Waals surface area contributed by atoms with E-state index in [1.165, 1.54) is 43.1 Å². The molecule has 12 nitrogen and oxygen atoms in total. The van der Waals surface area contributed by atoms with Crippen molar-refractivity contribution < 1.29 is 26.3 Å². The van der Waals surface area contributed by atoms with Gasteiger partial charge in [0.15, 0.2) is 0 Å². The van der Waals surface area contributed by atoms with Gasteiger partial charge in [-0.1, -0.05) is 17.7 Å². The minimum atomic E-state index is -4.57. The molecule has 0 aliphatic heterocycles. The molecule has 0 aromatic carbocycles. The second kappa shape index (κ2) is 12.6. The molecule has 8 aromatic rings. The number of hydrogen-bond acceptors (Lipinski definition) is 8. The number of halogens is 7. The van der Waals surface area contributed by atoms with Crippen LogP contribution in [-0.2, 0) is 13.1 Å². The standard InChI is InChI=1S/C16H9ClF3N5O.C16H10F3N5O/c17-14-8(2-1-3-21-14)11-4-12-9(5-22-11)13-10(6-23-24-13)15(26)25(12)7-16(18,19)20;17-16(18,19)8-24-13-5-12(11-3-1-2-4-20-11)21-6-9(13)14-10(15(24)25)7-22-23-14/h1-6H,7H2,(H,23,24);1-7H,8H2,(H,22,23). The number of rotatable bonds is 4. The molecule has 0 spiro atoms. The highest BCUT2D eigenvalue weighted by atomic mass is 35.5. The molecule has 0 bridgehead atoms. The first kappa shape index (κ1) is 33.3. The Kier molecular flexibility index (Phi) is 8.25. The lowest BCUT2D eigenvalue weighted by atomic mass is 10.1. The maximum absolute atomic E-state index is 13.0. The van der Waals surface area contributed by atoms with Crippen LogP contribution in [0, 0.1) is 0 Å². The zero-order chi connectivity index (χ0) is 36.1. The third-order valence-electron chi connectivity index (χ3n) is 7.75. The van der Waals surface area contributed by atoms with E-state index < -0.39 is 36.6 Å². The monoisotopic (exact) mass is 724 g/mol. The Morgan fingerprint density at radius 2 is 1.14 bits per heavy atom. The highest BCUT2D eigenvalue weighted by Gasteiger charge is 2.31. The number of aromatic nitrogens is 10. The van der Waals surface area contributed by atoms with Gasteiger partial charge in [-0.05, 0) is 36.4 Å². The van der Waals surface area contributed by atoms with E-state index in [-0.39, 0.29) is 27.0 Å². The molecule has 0 aliphatic carbocycles. The lowest BCUT2D eigenvalue weighted by molar-refractivity contribution is -0.141. The van der Waals surface area contributed by atoms with Crippen LogP contribution in [0.1, 0.15) is 0 Å². The van der Waals surface area contributed by atoms with Gasteiger partial charge in [-0.25, -0.2) is 4.98 Å². The fraction of sp³-hybridized carbons (Fsp3) is 0.125. The Hall–Kier alpha value is -6.17. The average Bonchev–Trinajstić information content (AvgIpc) is 3.80. The molecule has 19 heteroatoms. The summed E-state index contributed by atoms with van der Waals surface area (Å²) in [6, 6.07) is 11.3. The molecule has 0 amide bonds. The van der Waals surface area contributed by atoms with Crippen molar-refractivity contribution in [2.75, 3.05) is 0 Å². The first-order valence-electron chi connectivity index (χ1n) is 14.7. The van der Waals surface area contributed by atoms with Crippen LogP contribution in [0.15, 0.2) is 89.2 Å². The first-order valence-corrected chi connectivity index (χ1v) is 15.0. The summed E-state index contributed by atoms with van der Waals surface area (Å²) in [5.41, 5.74) is 0.987. The first-order chi connectivity index (χ1) is 24.3. The van der Waals surface area contributed by atoms with Gasteiger partial charge in [0.1, 0.15) is 18.2 Å². The van der Waals surface area contributed by atoms with E-state index in [2.05, 4.69) is 40.3 Å². The molecule has 0 fully saturated rings. The number of aromatic amines is 2. The molecule has 8 aromatic heterocycles. The molecule has 0 saturated heterocycles. The fourth-order valence-electron chi connectivity index (χ4n) is 5.59. The highest BCUT2D eigenvalue weighted by molar-refractivity contribution is 6.32. The van der Waals surface area contributed by atoms with Gasteiger partial charge in [0.05, 0.1) is 62.3 Å². The van der Waals surface area contributed by atoms with Gasteiger partial charge < -0.3 is 0 Å². The van der Waals surface area contributed by atoms with Crippen molar-refractivity contribution in [3.05, 3.63) is 106 Å². The minimum absolute atomic E-state index is 0.0655. The van der Waals surface area contributed by atoms with Crippen LogP contribution in [0.3, 0.4) is 0 Å². The van der Waals surface area contributed by atoms with Crippen molar-refractivity contribution in [2.24, 2.45) is 0 Å². The third kappa shape index (κ3) is 6.48. The normalized spacial score (nSPS) is 12.1. The van der Waals surface area contributed by atoms with E-state index in [9.17, 15) is 35.9 Å². The number of pyridine rings is 6. The maximum atomic E-state index is 13.0. The van der Waals surface area contributed by atoms with Crippen molar-refractivity contribution in [1.29, 1.82) is 0 Å². The zero-order valence-electron chi connectivity index (χ0n) is 25.5. The highest BCUT2D eigenvalue weighted by Crippen LogP contribution is 2.30. The maximum Gasteiger partial charge on any atom is 0.406 e. The summed E-state index contributed by atoms with van der Waals surface area (Å²) in [7, 11) is 0. The van der Waals surface area contributed by atoms with Crippen molar-refractivity contribution in [3.63, 3.8) is 0 Å². The summed E-state index contributed by atoms with van der Waals surface area (Å²) in [6.45, 7) is -2.82. The topological polar surface area (TPSA) is 153 Å². The molecule has 8 rings (SSSR count). The van der Waals surface area contributed by atoms with Crippen molar-refractivity contribution in [2.45, 2.75) is 25.4 Å². The van der Waals surface area contributed by atoms with Crippen LogP contribution in [0.25, 0.3) is 66.3 Å². The van der Waals surface area contributed by atoms with Crippen LogP contribution >= 0.6 is 11.6 Å². The van der Waals surface area contributed by atoms with Gasteiger partial charge in [-0.15, -0.1) is 0 Å². The number of hydrogen-bond donors (Lipinski definition) is 2. The van der Waals surface area contributed by atoms with Gasteiger partial charge in [0, 0.05) is 41.1 Å². The second-order valence-corrected chi connectivity index (χ2v) is 11.4. The van der Waals surface area contributed by atoms with E-state index in [1.807, 2.05) is 0 Å². The fourth-order valence-corrected chi connectivity index (χ4v) is 5.81. The number of nitrogens with one attached hydrogen (secondary N) is 2. The van der Waals surface area contributed by atoms with Crippen LogP contribution in [-0.4, -0.2) is 61.8 Å². The quantitative estimate of drug-likeness (QED) is 0.155. The lowest BCUT2D eigenvalue weighted by Crippen LogP contribution is -2.28. The summed E-state index contributed by atoms with van der Waals surface area (Å²) >= 11 is 6.05. The number of alkyl halides is 6. The predicted molar refractivity (Wildman–Crippen MR) is 175 cm³/mol. The van der Waals surface area contributed by atoms with Crippen LogP contribution < -0.4 is 11.1 Å². The predicted octanol–water partition coefficient (Wildman–Crippen LogP) is 6.45. The molecular formula is C32H19ClF6N10O2. The van der Waals surface area contributed by atoms with E-state index in [0.29, 0.717) is 53.6 Å². The van der Waals surface area contributed by atoms with E-state index >= 15 is 0 Å². The van der Waals surface area contributed by atoms with Gasteiger partial charge in [-0.2, -0.15) is 36.5 Å². The summed E-state index contributed by atoms with van der Waals surface area (Å²) in [4.78, 5) is 41.6. The Morgan fingerprint density at radius 3 is 1.65 bits per heavy atom. The summed E-state index contributed by atoms with van der Waals surface area (Å²) < 4.78 is 79.4. The molecule has 2 N–H and O–H groups in total. The largest absolute Gasteiger partial charge is 0.406 e. The summed E-state index contributed by atoms with van der Waals surface area (Å²) in [5.74, 6) is 0. The molecule has 0 aliphatic rings. The zero-order valence-corrected chi connectivity index (χ0v) is 26.2. The Bertz CT molecular complexity index is 2700. The van der Waals surface area contributed by atoms with Gasteiger partial charge in [0.2, 0.25) is 0 Å². The summed E-state index contributed by atoms with van der Waals surface area (Å²) in [6.07, 6.45) is -0.825. The van der Waals surface area contributed by atoms with Crippen LogP contribution in [0.4, 0.5) is 26.3 Å². The molecule has 8 heterocycles. The van der Waals surface area contributed by atoms with E-state index in [1.54, 1.807) is 36.5 Å². The van der Waals surface area contributed by atoms with E-state index in [0.717, 1.165) is 0 Å². The van der Waals surface area contributed by atoms with Gasteiger partial charge >= 0.3 is 12.4 Å². The Labute approximate surface area is 284 Å². The molecule has 51 heavy (non-hydrogen) atoms. The van der Waals surface area contributed by atoms with Crippen molar-refractivity contribution in [3.8, 4) is 22.6 Å². The van der Waals surface area contributed by atoms with Gasteiger partial charge in [0.25, 0.3) is 11.1 Å². The number of fused-ring (bicyclic) bond motifs is 6. The molecule has 0 atom stereocenters. The van der Waals surface area contributed by atoms with Crippen LogP contribution in [0.5, 0.6) is 0 Å². The van der Waals surface area contributed by atoms with Crippen LogP contribution in [0.2, 0.25) is 5.15 Å². The number of H-pyrrole nitrogens is 2. The molecule has 258 valence electrons. The lowest BCUT2D eigenvalue weighted by Gasteiger charge is -2.14.